The number of anilines is 2. The van der Waals surface area contributed by atoms with Gasteiger partial charge in [-0.15, -0.1) is 0 Å². The van der Waals surface area contributed by atoms with Gasteiger partial charge in [0.15, 0.2) is 0 Å². The lowest BCUT2D eigenvalue weighted by Crippen LogP contribution is -2.21. The largest absolute Gasteiger partial charge is 0.381 e. The van der Waals surface area contributed by atoms with Crippen LogP contribution in [0.1, 0.15) is 24.5 Å². The highest BCUT2D eigenvalue weighted by molar-refractivity contribution is 6.05. The summed E-state index contributed by atoms with van der Waals surface area (Å²) in [7, 11) is 0. The van der Waals surface area contributed by atoms with E-state index in [1.807, 2.05) is 12.1 Å². The normalized spacial score (nSPS) is 14.9. The molecule has 1 saturated heterocycles. The number of amides is 2. The number of nitrogens with one attached hydrogen (secondary N) is 2. The van der Waals surface area contributed by atoms with Crippen LogP contribution in [0.15, 0.2) is 48.7 Å². The average molecular weight is 366 g/mol. The zero-order valence-corrected chi connectivity index (χ0v) is 14.6. The maximum atomic E-state index is 13.9. The number of nitrogens with zero attached hydrogens (tertiary/aromatic N) is 2. The van der Waals surface area contributed by atoms with Crippen LogP contribution in [0.4, 0.5) is 20.7 Å². The first-order valence-electron chi connectivity index (χ1n) is 8.86. The van der Waals surface area contributed by atoms with Crippen LogP contribution in [0.2, 0.25) is 0 Å². The third kappa shape index (κ3) is 3.88. The molecular weight excluding hydrogens is 347 g/mol. The molecule has 4 rings (SSSR count). The van der Waals surface area contributed by atoms with E-state index >= 15 is 0 Å². The van der Waals surface area contributed by atoms with Crippen molar-refractivity contribution >= 4 is 28.4 Å². The Bertz CT molecular complexity index is 973. The highest BCUT2D eigenvalue weighted by atomic mass is 19.1. The van der Waals surface area contributed by atoms with Gasteiger partial charge in [-0.25, -0.2) is 14.2 Å². The van der Waals surface area contributed by atoms with Gasteiger partial charge in [0.2, 0.25) is 0 Å². The first kappa shape index (κ1) is 17.4. The van der Waals surface area contributed by atoms with E-state index in [-0.39, 0.29) is 5.52 Å². The molecule has 1 aliphatic rings. The van der Waals surface area contributed by atoms with Gasteiger partial charge in [0.1, 0.15) is 17.2 Å². The van der Waals surface area contributed by atoms with Crippen molar-refractivity contribution in [2.75, 3.05) is 23.8 Å². The maximum absolute atomic E-state index is 13.9. The summed E-state index contributed by atoms with van der Waals surface area (Å²) in [5, 5.41) is 6.02. The Hall–Kier alpha value is -3.06. The molecule has 1 fully saturated rings. The molecule has 0 saturated carbocycles. The molecule has 1 aliphatic heterocycles. The van der Waals surface area contributed by atoms with Crippen LogP contribution in [-0.4, -0.2) is 29.2 Å². The van der Waals surface area contributed by atoms with E-state index in [9.17, 15) is 9.18 Å². The van der Waals surface area contributed by atoms with Crippen LogP contribution in [0, 0.1) is 5.82 Å². The number of halogens is 1. The van der Waals surface area contributed by atoms with E-state index < -0.39 is 11.8 Å². The summed E-state index contributed by atoms with van der Waals surface area (Å²) in [6.45, 7) is 1.46. The fourth-order valence-electron chi connectivity index (χ4n) is 3.26. The van der Waals surface area contributed by atoms with Crippen molar-refractivity contribution in [2.45, 2.75) is 18.8 Å². The Morgan fingerprint density at radius 2 is 1.89 bits per heavy atom. The number of ether oxygens (including phenoxy) is 1. The lowest BCUT2D eigenvalue weighted by Gasteiger charge is -2.21. The lowest BCUT2D eigenvalue weighted by atomic mass is 9.96. The number of benzene rings is 1. The molecule has 0 radical (unpaired) electrons. The number of rotatable bonds is 3. The molecule has 3 aromatic rings. The molecule has 6 nitrogen and oxygen atoms in total. The smallest absolute Gasteiger partial charge is 0.324 e. The van der Waals surface area contributed by atoms with Crippen LogP contribution in [0.5, 0.6) is 0 Å². The molecule has 0 atom stereocenters. The van der Waals surface area contributed by atoms with Crippen LogP contribution in [-0.2, 0) is 4.74 Å². The Morgan fingerprint density at radius 1 is 1.07 bits per heavy atom. The number of hydrogen-bond acceptors (Lipinski definition) is 4. The molecule has 138 valence electrons. The van der Waals surface area contributed by atoms with Crippen LogP contribution in [0.25, 0.3) is 10.9 Å². The second-order valence-corrected chi connectivity index (χ2v) is 6.41. The number of pyridine rings is 2. The first-order valence-corrected chi connectivity index (χ1v) is 8.86. The van der Waals surface area contributed by atoms with Gasteiger partial charge in [-0.05, 0) is 37.1 Å². The van der Waals surface area contributed by atoms with Crippen molar-refractivity contribution in [2.24, 2.45) is 0 Å². The summed E-state index contributed by atoms with van der Waals surface area (Å²) < 4.78 is 19.2. The summed E-state index contributed by atoms with van der Waals surface area (Å²) in [5.74, 6) is 0.388. The molecule has 2 N–H and O–H groups in total. The fourth-order valence-corrected chi connectivity index (χ4v) is 3.26. The molecule has 1 aromatic carbocycles. The monoisotopic (exact) mass is 366 g/mol. The van der Waals surface area contributed by atoms with E-state index in [0.29, 0.717) is 22.8 Å². The highest BCUT2D eigenvalue weighted by Crippen LogP contribution is 2.26. The number of carbonyl (C=O) groups is 1. The predicted octanol–water partition coefficient (Wildman–Crippen LogP) is 4.31. The molecule has 0 unspecified atom stereocenters. The van der Waals surface area contributed by atoms with Crippen LogP contribution in [0.3, 0.4) is 0 Å². The number of aromatic nitrogens is 2. The lowest BCUT2D eigenvalue weighted by molar-refractivity contribution is 0.0845. The minimum Gasteiger partial charge on any atom is -0.381 e. The van der Waals surface area contributed by atoms with E-state index in [0.717, 1.165) is 31.7 Å². The number of hydrogen-bond donors (Lipinski definition) is 2. The summed E-state index contributed by atoms with van der Waals surface area (Å²) in [4.78, 5) is 21.0. The Labute approximate surface area is 155 Å². The van der Waals surface area contributed by atoms with Gasteiger partial charge in [0.05, 0.1) is 5.69 Å². The summed E-state index contributed by atoms with van der Waals surface area (Å²) >= 11 is 0. The van der Waals surface area contributed by atoms with Gasteiger partial charge in [-0.1, -0.05) is 18.2 Å². The molecule has 0 bridgehead atoms. The molecular formula is C20H19FN4O2. The Kier molecular flexibility index (Phi) is 4.93. The van der Waals surface area contributed by atoms with Gasteiger partial charge in [0.25, 0.3) is 0 Å². The maximum Gasteiger partial charge on any atom is 0.324 e. The van der Waals surface area contributed by atoms with Crippen molar-refractivity contribution < 1.29 is 13.9 Å². The van der Waals surface area contributed by atoms with E-state index in [1.165, 1.54) is 12.3 Å². The van der Waals surface area contributed by atoms with Crippen molar-refractivity contribution in [3.8, 4) is 0 Å². The van der Waals surface area contributed by atoms with Crippen molar-refractivity contribution in [1.82, 2.24) is 9.97 Å². The Balaban J connectivity index is 1.49. The van der Waals surface area contributed by atoms with Crippen molar-refractivity contribution in [3.63, 3.8) is 0 Å². The summed E-state index contributed by atoms with van der Waals surface area (Å²) in [6.07, 6.45) is 3.32. The minimum atomic E-state index is -0.441. The third-order valence-electron chi connectivity index (χ3n) is 4.62. The van der Waals surface area contributed by atoms with Crippen molar-refractivity contribution in [1.29, 1.82) is 0 Å². The first-order chi connectivity index (χ1) is 13.2. The second kappa shape index (κ2) is 7.67. The second-order valence-electron chi connectivity index (χ2n) is 6.41. The SMILES string of the molecule is O=C(Nc1cccc(C2CCOCC2)n1)Nc1ccnc2c(F)cccc12. The van der Waals surface area contributed by atoms with Crippen LogP contribution < -0.4 is 10.6 Å². The fraction of sp³-hybridized carbons (Fsp3) is 0.250. The predicted molar refractivity (Wildman–Crippen MR) is 101 cm³/mol. The number of fused-ring (bicyclic) bond motifs is 1. The van der Waals surface area contributed by atoms with Gasteiger partial charge in [0, 0.05) is 36.4 Å². The zero-order chi connectivity index (χ0) is 18.6. The Morgan fingerprint density at radius 3 is 2.74 bits per heavy atom. The molecule has 3 heterocycles. The zero-order valence-electron chi connectivity index (χ0n) is 14.6. The molecule has 0 spiro atoms. The van der Waals surface area contributed by atoms with E-state index in [2.05, 4.69) is 20.6 Å². The van der Waals surface area contributed by atoms with Crippen molar-refractivity contribution in [3.05, 3.63) is 60.2 Å². The summed E-state index contributed by atoms with van der Waals surface area (Å²) in [6, 6.07) is 11.4. The highest BCUT2D eigenvalue weighted by Gasteiger charge is 2.17. The minimum absolute atomic E-state index is 0.218. The number of urea groups is 1. The molecule has 2 amide bonds. The number of para-hydroxylation sites is 1. The quantitative estimate of drug-likeness (QED) is 0.724. The van der Waals surface area contributed by atoms with Gasteiger partial charge in [-0.3, -0.25) is 10.3 Å². The third-order valence-corrected chi connectivity index (χ3v) is 4.62. The topological polar surface area (TPSA) is 76.1 Å². The standard InChI is InChI=1S/C20H19FN4O2/c21-15-4-1-3-14-17(7-10-22-19(14)15)24-20(26)25-18-6-2-5-16(23-18)13-8-11-27-12-9-13/h1-7,10,13H,8-9,11-12H2,(H2,22,23,24,25,26). The molecule has 27 heavy (non-hydrogen) atoms. The average Bonchev–Trinajstić information content (AvgIpc) is 2.70. The van der Waals surface area contributed by atoms with E-state index in [1.54, 1.807) is 24.3 Å². The molecule has 7 heteroatoms. The number of carbonyl (C=O) groups excluding carboxylic acids is 1. The van der Waals surface area contributed by atoms with Gasteiger partial charge < -0.3 is 10.1 Å². The summed E-state index contributed by atoms with van der Waals surface area (Å²) in [5.41, 5.74) is 1.65. The van der Waals surface area contributed by atoms with E-state index in [4.69, 9.17) is 4.74 Å². The van der Waals surface area contributed by atoms with Gasteiger partial charge in [-0.2, -0.15) is 0 Å². The molecule has 0 aliphatic carbocycles. The van der Waals surface area contributed by atoms with Gasteiger partial charge >= 0.3 is 6.03 Å². The molecule has 2 aromatic heterocycles. The van der Waals surface area contributed by atoms with Crippen LogP contribution >= 0.6 is 0 Å².